The summed E-state index contributed by atoms with van der Waals surface area (Å²) in [4.78, 5) is 27.3. The fourth-order valence-corrected chi connectivity index (χ4v) is 4.30. The summed E-state index contributed by atoms with van der Waals surface area (Å²) >= 11 is 0. The number of hydrogen-bond acceptors (Lipinski definition) is 3. The molecule has 2 amide bonds. The van der Waals surface area contributed by atoms with Crippen LogP contribution in [0.1, 0.15) is 54.4 Å². The van der Waals surface area contributed by atoms with E-state index >= 15 is 0 Å². The van der Waals surface area contributed by atoms with Gasteiger partial charge in [-0.15, -0.1) is 0 Å². The SMILES string of the molecule is CC[C@@H](c1ccccc1)[C@H]1CCCN1C(=O)CCNC(=O)c1ccccc1OC. The normalized spacial score (nSPS) is 17.0. The molecule has 0 spiro atoms. The number of amides is 2. The summed E-state index contributed by atoms with van der Waals surface area (Å²) in [5, 5.41) is 2.85. The highest BCUT2D eigenvalue weighted by Crippen LogP contribution is 2.33. The second-order valence-electron chi connectivity index (χ2n) is 7.43. The zero-order chi connectivity index (χ0) is 20.6. The summed E-state index contributed by atoms with van der Waals surface area (Å²) in [6.07, 6.45) is 3.38. The van der Waals surface area contributed by atoms with Crippen LogP contribution in [0.15, 0.2) is 54.6 Å². The number of nitrogens with one attached hydrogen (secondary N) is 1. The number of methoxy groups -OCH3 is 1. The van der Waals surface area contributed by atoms with Crippen LogP contribution >= 0.6 is 0 Å². The molecule has 1 N–H and O–H groups in total. The first kappa shape index (κ1) is 20.9. The van der Waals surface area contributed by atoms with Crippen molar-refractivity contribution in [2.24, 2.45) is 0 Å². The second kappa shape index (κ2) is 10.1. The number of nitrogens with zero attached hydrogens (tertiary/aromatic N) is 1. The fraction of sp³-hybridized carbons (Fsp3) is 0.417. The molecule has 1 saturated heterocycles. The Balaban J connectivity index is 1.58. The van der Waals surface area contributed by atoms with E-state index in [9.17, 15) is 9.59 Å². The molecule has 2 aromatic carbocycles. The quantitative estimate of drug-likeness (QED) is 0.736. The van der Waals surface area contributed by atoms with E-state index < -0.39 is 0 Å². The van der Waals surface area contributed by atoms with Crippen molar-refractivity contribution >= 4 is 11.8 Å². The van der Waals surface area contributed by atoms with Crippen LogP contribution in [0.5, 0.6) is 5.75 Å². The number of benzene rings is 2. The van der Waals surface area contributed by atoms with Crippen molar-refractivity contribution in [3.05, 3.63) is 65.7 Å². The van der Waals surface area contributed by atoms with E-state index in [0.717, 1.165) is 25.8 Å². The molecule has 2 atom stereocenters. The number of rotatable bonds is 8. The number of likely N-dealkylation sites (tertiary alicyclic amines) is 1. The molecule has 5 nitrogen and oxygen atoms in total. The highest BCUT2D eigenvalue weighted by molar-refractivity contribution is 5.97. The van der Waals surface area contributed by atoms with Gasteiger partial charge >= 0.3 is 0 Å². The molecule has 0 unspecified atom stereocenters. The van der Waals surface area contributed by atoms with Gasteiger partial charge in [0.05, 0.1) is 12.7 Å². The minimum atomic E-state index is -0.219. The molecule has 0 aliphatic carbocycles. The van der Waals surface area contributed by atoms with Crippen molar-refractivity contribution < 1.29 is 14.3 Å². The molecule has 1 heterocycles. The summed E-state index contributed by atoms with van der Waals surface area (Å²) in [7, 11) is 1.54. The Kier molecular flexibility index (Phi) is 7.28. The van der Waals surface area contributed by atoms with Gasteiger partial charge in [-0.3, -0.25) is 9.59 Å². The number of carbonyl (C=O) groups is 2. The first-order valence-electron chi connectivity index (χ1n) is 10.4. The van der Waals surface area contributed by atoms with Crippen molar-refractivity contribution in [3.63, 3.8) is 0 Å². The lowest BCUT2D eigenvalue weighted by atomic mass is 9.87. The molecule has 0 saturated carbocycles. The van der Waals surface area contributed by atoms with Gasteiger partial charge in [-0.05, 0) is 37.0 Å². The topological polar surface area (TPSA) is 58.6 Å². The highest BCUT2D eigenvalue weighted by Gasteiger charge is 2.34. The van der Waals surface area contributed by atoms with Crippen molar-refractivity contribution in [3.8, 4) is 5.75 Å². The Hall–Kier alpha value is -2.82. The largest absolute Gasteiger partial charge is 0.496 e. The van der Waals surface area contributed by atoms with Gasteiger partial charge in [0.1, 0.15) is 5.75 Å². The molecule has 0 aromatic heterocycles. The minimum absolute atomic E-state index is 0.113. The van der Waals surface area contributed by atoms with Crippen molar-refractivity contribution in [2.45, 2.75) is 44.6 Å². The average molecular weight is 395 g/mol. The predicted octanol–water partition coefficient (Wildman–Crippen LogP) is 4.00. The standard InChI is InChI=1S/C24H30N2O3/c1-3-19(18-10-5-4-6-11-18)21-13-9-17-26(21)23(27)15-16-25-24(28)20-12-7-8-14-22(20)29-2/h4-8,10-12,14,19,21H,3,9,13,15-17H2,1-2H3,(H,25,28)/t19-,21+/m0/s1. The molecule has 1 aliphatic rings. The monoisotopic (exact) mass is 394 g/mol. The zero-order valence-corrected chi connectivity index (χ0v) is 17.3. The van der Waals surface area contributed by atoms with Crippen LogP contribution in [0.3, 0.4) is 0 Å². The van der Waals surface area contributed by atoms with Gasteiger partial charge in [-0.25, -0.2) is 0 Å². The lowest BCUT2D eigenvalue weighted by Crippen LogP contribution is -2.40. The van der Waals surface area contributed by atoms with E-state index in [4.69, 9.17) is 4.74 Å². The summed E-state index contributed by atoms with van der Waals surface area (Å²) in [6, 6.07) is 17.8. The summed E-state index contributed by atoms with van der Waals surface area (Å²) < 4.78 is 5.23. The maximum Gasteiger partial charge on any atom is 0.255 e. The first-order valence-corrected chi connectivity index (χ1v) is 10.4. The molecular formula is C24H30N2O3. The second-order valence-corrected chi connectivity index (χ2v) is 7.43. The van der Waals surface area contributed by atoms with Gasteiger partial charge in [-0.2, -0.15) is 0 Å². The van der Waals surface area contributed by atoms with Crippen LogP contribution in [0, 0.1) is 0 Å². The van der Waals surface area contributed by atoms with Gasteiger partial charge in [-0.1, -0.05) is 49.4 Å². The Morgan fingerprint density at radius 1 is 1.14 bits per heavy atom. The van der Waals surface area contributed by atoms with Crippen LogP contribution in [0.25, 0.3) is 0 Å². The highest BCUT2D eigenvalue weighted by atomic mass is 16.5. The summed E-state index contributed by atoms with van der Waals surface area (Å²) in [6.45, 7) is 3.31. The van der Waals surface area contributed by atoms with E-state index in [1.54, 1.807) is 25.3 Å². The van der Waals surface area contributed by atoms with Gasteiger partial charge in [0.15, 0.2) is 0 Å². The maximum absolute atomic E-state index is 12.9. The van der Waals surface area contributed by atoms with E-state index in [2.05, 4.69) is 36.5 Å². The van der Waals surface area contributed by atoms with E-state index in [-0.39, 0.29) is 17.9 Å². The van der Waals surface area contributed by atoms with Crippen LogP contribution in [-0.4, -0.2) is 43.0 Å². The van der Waals surface area contributed by atoms with Gasteiger partial charge in [0.25, 0.3) is 5.91 Å². The smallest absolute Gasteiger partial charge is 0.255 e. The van der Waals surface area contributed by atoms with Crippen LogP contribution < -0.4 is 10.1 Å². The van der Waals surface area contributed by atoms with Crippen LogP contribution in [0.2, 0.25) is 0 Å². The van der Waals surface area contributed by atoms with E-state index in [1.807, 2.05) is 17.0 Å². The molecule has 2 aromatic rings. The number of carbonyl (C=O) groups excluding carboxylic acids is 2. The molecular weight excluding hydrogens is 364 g/mol. The summed E-state index contributed by atoms with van der Waals surface area (Å²) in [5.41, 5.74) is 1.78. The molecule has 29 heavy (non-hydrogen) atoms. The minimum Gasteiger partial charge on any atom is -0.496 e. The Labute approximate surface area is 173 Å². The number of ether oxygens (including phenoxy) is 1. The third-order valence-electron chi connectivity index (χ3n) is 5.73. The van der Waals surface area contributed by atoms with Crippen molar-refractivity contribution in [1.82, 2.24) is 10.2 Å². The Bertz CT molecular complexity index is 822. The lowest BCUT2D eigenvalue weighted by molar-refractivity contribution is -0.132. The Morgan fingerprint density at radius 3 is 2.59 bits per heavy atom. The predicted molar refractivity (Wildman–Crippen MR) is 114 cm³/mol. The van der Waals surface area contributed by atoms with E-state index in [1.165, 1.54) is 5.56 Å². The first-order chi connectivity index (χ1) is 14.2. The fourth-order valence-electron chi connectivity index (χ4n) is 4.30. The third-order valence-corrected chi connectivity index (χ3v) is 5.73. The third kappa shape index (κ3) is 4.97. The molecule has 1 aliphatic heterocycles. The number of hydrogen-bond donors (Lipinski definition) is 1. The van der Waals surface area contributed by atoms with Crippen molar-refractivity contribution in [2.75, 3.05) is 20.2 Å². The van der Waals surface area contributed by atoms with Crippen molar-refractivity contribution in [1.29, 1.82) is 0 Å². The van der Waals surface area contributed by atoms with E-state index in [0.29, 0.717) is 30.2 Å². The Morgan fingerprint density at radius 2 is 1.86 bits per heavy atom. The van der Waals surface area contributed by atoms with Gasteiger partial charge in [0.2, 0.25) is 5.91 Å². The molecule has 154 valence electrons. The molecule has 1 fully saturated rings. The number of para-hydroxylation sites is 1. The van der Waals surface area contributed by atoms with Gasteiger partial charge < -0.3 is 15.0 Å². The van der Waals surface area contributed by atoms with Gasteiger partial charge in [0, 0.05) is 31.5 Å². The molecule has 0 bridgehead atoms. The average Bonchev–Trinajstić information content (AvgIpc) is 3.24. The maximum atomic E-state index is 12.9. The zero-order valence-electron chi connectivity index (χ0n) is 17.3. The molecule has 0 radical (unpaired) electrons. The molecule has 3 rings (SSSR count). The molecule has 5 heteroatoms. The summed E-state index contributed by atoms with van der Waals surface area (Å²) in [5.74, 6) is 0.779. The van der Waals surface area contributed by atoms with Crippen LogP contribution in [0.4, 0.5) is 0 Å². The van der Waals surface area contributed by atoms with Crippen LogP contribution in [-0.2, 0) is 4.79 Å². The lowest BCUT2D eigenvalue weighted by Gasteiger charge is -2.32.